The first-order valence-corrected chi connectivity index (χ1v) is 6.22. The molecule has 1 aliphatic rings. The minimum atomic E-state index is -4.73. The van der Waals surface area contributed by atoms with Crippen molar-refractivity contribution in [2.24, 2.45) is 0 Å². The quantitative estimate of drug-likeness (QED) is 0.412. The van der Waals surface area contributed by atoms with Gasteiger partial charge in [0, 0.05) is 11.1 Å². The number of rotatable bonds is 0. The van der Waals surface area contributed by atoms with Gasteiger partial charge in [-0.05, 0) is 0 Å². The van der Waals surface area contributed by atoms with Crippen molar-refractivity contribution in [1.29, 1.82) is 0 Å². The molecule has 0 heterocycles. The van der Waals surface area contributed by atoms with E-state index in [0.717, 1.165) is 0 Å². The van der Waals surface area contributed by atoms with E-state index in [9.17, 15) is 49.0 Å². The molecular weight excluding hydrogens is 374 g/mol. The van der Waals surface area contributed by atoms with Gasteiger partial charge in [0.2, 0.25) is 0 Å². The molecule has 0 atom stereocenters. The molecule has 0 radical (unpaired) electrons. The van der Waals surface area contributed by atoms with E-state index in [0.29, 0.717) is 0 Å². The zero-order valence-corrected chi connectivity index (χ0v) is 11.3. The Morgan fingerprint density at radius 2 is 0.840 bits per heavy atom. The maximum absolute atomic E-state index is 14.5. The van der Waals surface area contributed by atoms with Crippen LogP contribution in [0.1, 0.15) is 28.4 Å². The Morgan fingerprint density at radius 3 is 1.16 bits per heavy atom. The van der Waals surface area contributed by atoms with Crippen LogP contribution in [0.15, 0.2) is 0 Å². The summed E-state index contributed by atoms with van der Waals surface area (Å²) in [6.45, 7) is 0. The molecule has 1 N–H and O–H groups in total. The number of benzene rings is 2. The van der Waals surface area contributed by atoms with Crippen LogP contribution < -0.4 is 0 Å². The van der Waals surface area contributed by atoms with Crippen molar-refractivity contribution in [1.82, 2.24) is 0 Å². The third-order valence-electron chi connectivity index (χ3n) is 3.78. The van der Waals surface area contributed by atoms with Crippen molar-refractivity contribution in [3.63, 3.8) is 0 Å². The van der Waals surface area contributed by atoms with E-state index in [-0.39, 0.29) is 0 Å². The number of hydrogen-bond donors (Lipinski definition) is 1. The van der Waals surface area contributed by atoms with Gasteiger partial charge in [0.15, 0.2) is 52.7 Å². The Bertz CT molecular complexity index is 863. The molecule has 0 saturated carbocycles. The predicted octanol–water partition coefficient (Wildman–Crippen LogP) is 4.33. The van der Waals surface area contributed by atoms with Gasteiger partial charge >= 0.3 is 0 Å². The second-order valence-electron chi connectivity index (χ2n) is 5.07. The van der Waals surface area contributed by atoms with Crippen LogP contribution in [0.2, 0.25) is 0 Å². The molecule has 0 spiro atoms. The smallest absolute Gasteiger partial charge is 0.266 e. The lowest BCUT2D eigenvalue weighted by atomic mass is 9.79. The van der Waals surface area contributed by atoms with Gasteiger partial charge in [-0.2, -0.15) is 0 Å². The average Bonchev–Trinajstić information content (AvgIpc) is 2.55. The van der Waals surface area contributed by atoms with Crippen LogP contribution in [0, 0.1) is 46.5 Å². The van der Waals surface area contributed by atoms with E-state index < -0.39 is 80.8 Å². The molecule has 0 bridgehead atoms. The minimum Gasteiger partial charge on any atom is -0.354 e. The van der Waals surface area contributed by atoms with E-state index in [2.05, 4.69) is 0 Å². The molecule has 0 aromatic heterocycles. The molecule has 134 valence electrons. The summed E-state index contributed by atoms with van der Waals surface area (Å²) in [5.41, 5.74) is -8.63. The highest BCUT2D eigenvalue weighted by Gasteiger charge is 2.53. The molecule has 1 aliphatic carbocycles. The highest BCUT2D eigenvalue weighted by atomic mass is 19.2. The molecule has 11 heteroatoms. The van der Waals surface area contributed by atoms with Crippen LogP contribution in [0.5, 0.6) is 0 Å². The zero-order chi connectivity index (χ0) is 19.0. The van der Waals surface area contributed by atoms with E-state index >= 15 is 0 Å². The lowest BCUT2D eigenvalue weighted by molar-refractivity contribution is -0.0684. The van der Waals surface area contributed by atoms with Crippen molar-refractivity contribution in [3.05, 3.63) is 68.8 Å². The normalized spacial score (nSPS) is 22.0. The number of halogens is 10. The van der Waals surface area contributed by atoms with Crippen molar-refractivity contribution < 1.29 is 49.0 Å². The van der Waals surface area contributed by atoms with Gasteiger partial charge in [-0.25, -0.2) is 43.9 Å². The summed E-state index contributed by atoms with van der Waals surface area (Å²) in [5.74, 6) is -25.8. The molecular formula is C14H2F10O. The van der Waals surface area contributed by atoms with Gasteiger partial charge in [-0.1, -0.05) is 0 Å². The van der Waals surface area contributed by atoms with Crippen molar-refractivity contribution in [2.45, 2.75) is 12.0 Å². The summed E-state index contributed by atoms with van der Waals surface area (Å²) in [6.07, 6.45) is -3.48. The van der Waals surface area contributed by atoms with Crippen LogP contribution in [-0.4, -0.2) is 5.11 Å². The second-order valence-corrected chi connectivity index (χ2v) is 5.07. The summed E-state index contributed by atoms with van der Waals surface area (Å²) in [6, 6.07) is 0. The largest absolute Gasteiger partial charge is 0.354 e. The molecule has 0 amide bonds. The Labute approximate surface area is 131 Å². The van der Waals surface area contributed by atoms with Crippen molar-refractivity contribution >= 4 is 0 Å². The Morgan fingerprint density at radius 1 is 0.560 bits per heavy atom. The summed E-state index contributed by atoms with van der Waals surface area (Å²) in [4.78, 5) is 0. The van der Waals surface area contributed by atoms with Crippen molar-refractivity contribution in [2.75, 3.05) is 0 Å². The molecule has 0 aliphatic heterocycles. The lowest BCUT2D eigenvalue weighted by Gasteiger charge is -2.33. The monoisotopic (exact) mass is 376 g/mol. The third-order valence-corrected chi connectivity index (χ3v) is 3.78. The molecule has 0 unspecified atom stereocenters. The van der Waals surface area contributed by atoms with Crippen LogP contribution in [0.4, 0.5) is 43.9 Å². The van der Waals surface area contributed by atoms with E-state index in [4.69, 9.17) is 0 Å². The van der Waals surface area contributed by atoms with E-state index in [1.54, 1.807) is 0 Å². The fourth-order valence-electron chi connectivity index (χ4n) is 2.69. The van der Waals surface area contributed by atoms with Crippen LogP contribution in [0.25, 0.3) is 0 Å². The summed E-state index contributed by atoms with van der Waals surface area (Å²) in [5, 5.41) is 9.61. The Kier molecular flexibility index (Phi) is 3.57. The molecule has 2 aromatic carbocycles. The maximum atomic E-state index is 14.5. The molecule has 25 heavy (non-hydrogen) atoms. The molecule has 0 fully saturated rings. The van der Waals surface area contributed by atoms with Gasteiger partial charge in [0.05, 0.1) is 11.1 Å². The van der Waals surface area contributed by atoms with Crippen LogP contribution in [0.3, 0.4) is 0 Å². The minimum absolute atomic E-state index is 2.06. The fourth-order valence-corrected chi connectivity index (χ4v) is 2.69. The topological polar surface area (TPSA) is 20.2 Å². The lowest BCUT2D eigenvalue weighted by Crippen LogP contribution is -2.35. The van der Waals surface area contributed by atoms with Crippen LogP contribution in [-0.2, 0) is 5.85 Å². The summed E-state index contributed by atoms with van der Waals surface area (Å²) >= 11 is 0. The van der Waals surface area contributed by atoms with Crippen LogP contribution >= 0.6 is 0 Å². The van der Waals surface area contributed by atoms with Crippen molar-refractivity contribution in [3.8, 4) is 0 Å². The number of alkyl halides is 2. The number of hydrogen-bond acceptors (Lipinski definition) is 1. The highest BCUT2D eigenvalue weighted by Crippen LogP contribution is 2.52. The second kappa shape index (κ2) is 5.10. The molecule has 2 aromatic rings. The zero-order valence-electron chi connectivity index (χ0n) is 11.3. The molecule has 1 nitrogen and oxygen atoms in total. The molecule has 0 saturated heterocycles. The maximum Gasteiger partial charge on any atom is 0.266 e. The predicted molar refractivity (Wildman–Crippen MR) is 59.6 cm³/mol. The average molecular weight is 376 g/mol. The van der Waals surface area contributed by atoms with Gasteiger partial charge in [0.25, 0.3) is 5.85 Å². The number of fused-ring (bicyclic) bond motifs is 2. The van der Waals surface area contributed by atoms with E-state index in [1.807, 2.05) is 0 Å². The SMILES string of the molecule is OC1(F)c2c(F)c(F)c(F)c(F)c2C(F)c2c(F)c(F)c(F)c(F)c21. The fraction of sp³-hybridized carbons (Fsp3) is 0.143. The molecule has 3 rings (SSSR count). The van der Waals surface area contributed by atoms with E-state index in [1.165, 1.54) is 0 Å². The third kappa shape index (κ3) is 1.95. The Hall–Kier alpha value is -2.30. The van der Waals surface area contributed by atoms with Gasteiger partial charge < -0.3 is 5.11 Å². The number of aliphatic hydroxyl groups is 1. The summed E-state index contributed by atoms with van der Waals surface area (Å²) in [7, 11) is 0. The van der Waals surface area contributed by atoms with Gasteiger partial charge in [-0.3, -0.25) is 0 Å². The highest BCUT2D eigenvalue weighted by molar-refractivity contribution is 5.54. The first-order chi connectivity index (χ1) is 11.4. The summed E-state index contributed by atoms with van der Waals surface area (Å²) < 4.78 is 137. The van der Waals surface area contributed by atoms with Gasteiger partial charge in [0.1, 0.15) is 0 Å². The standard InChI is InChI=1S/C14H2F10O/c15-5-1-3(8(18)12(22)10(20)6(1)16)14(24,25)4-2(5)7(17)11(21)13(23)9(4)19/h5,25H. The first-order valence-electron chi connectivity index (χ1n) is 6.22. The first kappa shape index (κ1) is 17.5. The van der Waals surface area contributed by atoms with Gasteiger partial charge in [-0.15, -0.1) is 0 Å². The Balaban J connectivity index is 2.56.